The first-order chi connectivity index (χ1) is 10.0. The maximum absolute atomic E-state index is 10.9. The molecule has 2 aromatic carbocycles. The number of halogens is 1. The Morgan fingerprint density at radius 1 is 1.19 bits per heavy atom. The summed E-state index contributed by atoms with van der Waals surface area (Å²) < 4.78 is 5.68. The summed E-state index contributed by atoms with van der Waals surface area (Å²) in [7, 11) is 0. The van der Waals surface area contributed by atoms with Gasteiger partial charge in [0.25, 0.3) is 0 Å². The highest BCUT2D eigenvalue weighted by Gasteiger charge is 2.10. The lowest BCUT2D eigenvalue weighted by Crippen LogP contribution is -1.97. The summed E-state index contributed by atoms with van der Waals surface area (Å²) in [6.07, 6.45) is 1.09. The van der Waals surface area contributed by atoms with Gasteiger partial charge in [0.15, 0.2) is 0 Å². The van der Waals surface area contributed by atoms with Gasteiger partial charge in [-0.1, -0.05) is 37.6 Å². The van der Waals surface area contributed by atoms with E-state index in [1.54, 1.807) is 6.07 Å². The molecule has 0 saturated carbocycles. The number of rotatable bonds is 5. The van der Waals surface area contributed by atoms with Gasteiger partial charge in [-0.15, -0.1) is 0 Å². The molecule has 0 aliphatic carbocycles. The second-order valence-corrected chi connectivity index (χ2v) is 5.33. The van der Waals surface area contributed by atoms with Crippen LogP contribution in [0.3, 0.4) is 0 Å². The van der Waals surface area contributed by atoms with Crippen LogP contribution in [0.15, 0.2) is 42.5 Å². The number of carboxylic acids is 1. The molecule has 0 radical (unpaired) electrons. The fourth-order valence-electron chi connectivity index (χ4n) is 1.97. The quantitative estimate of drug-likeness (QED) is 0.810. The highest BCUT2D eigenvalue weighted by molar-refractivity contribution is 6.33. The average Bonchev–Trinajstić information content (AvgIpc) is 2.47. The molecule has 1 atom stereocenters. The molecule has 21 heavy (non-hydrogen) atoms. The lowest BCUT2D eigenvalue weighted by molar-refractivity contribution is 0.0697. The number of hydrogen-bond donors (Lipinski definition) is 1. The fourth-order valence-corrected chi connectivity index (χ4v) is 2.22. The Morgan fingerprint density at radius 2 is 1.81 bits per heavy atom. The zero-order valence-corrected chi connectivity index (χ0v) is 12.7. The molecule has 0 aromatic heterocycles. The lowest BCUT2D eigenvalue weighted by atomic mass is 9.99. The Kier molecular flexibility index (Phi) is 4.86. The third kappa shape index (κ3) is 3.76. The second-order valence-electron chi connectivity index (χ2n) is 4.93. The number of aromatic carboxylic acids is 1. The van der Waals surface area contributed by atoms with Crippen molar-refractivity contribution in [3.05, 3.63) is 58.6 Å². The van der Waals surface area contributed by atoms with E-state index in [9.17, 15) is 4.79 Å². The first-order valence-electron chi connectivity index (χ1n) is 6.82. The Bertz CT molecular complexity index is 635. The van der Waals surface area contributed by atoms with Crippen molar-refractivity contribution >= 4 is 17.6 Å². The topological polar surface area (TPSA) is 46.5 Å². The highest BCUT2D eigenvalue weighted by atomic mass is 35.5. The Labute approximate surface area is 129 Å². The van der Waals surface area contributed by atoms with Crippen molar-refractivity contribution < 1.29 is 14.6 Å². The third-order valence-electron chi connectivity index (χ3n) is 3.47. The van der Waals surface area contributed by atoms with Gasteiger partial charge in [-0.3, -0.25) is 0 Å². The van der Waals surface area contributed by atoms with Crippen LogP contribution in [0.1, 0.15) is 42.1 Å². The van der Waals surface area contributed by atoms with Crippen LogP contribution in [0, 0.1) is 0 Å². The molecule has 0 saturated heterocycles. The van der Waals surface area contributed by atoms with Crippen LogP contribution in [0.2, 0.25) is 5.02 Å². The van der Waals surface area contributed by atoms with Crippen molar-refractivity contribution in [2.45, 2.75) is 26.2 Å². The molecule has 3 nitrogen and oxygen atoms in total. The van der Waals surface area contributed by atoms with E-state index in [2.05, 4.69) is 13.8 Å². The molecule has 1 N–H and O–H groups in total. The molecule has 0 spiro atoms. The van der Waals surface area contributed by atoms with Gasteiger partial charge in [0, 0.05) is 6.07 Å². The van der Waals surface area contributed by atoms with Gasteiger partial charge in [-0.25, -0.2) is 4.79 Å². The van der Waals surface area contributed by atoms with Crippen molar-refractivity contribution in [3.63, 3.8) is 0 Å². The number of ether oxygens (including phenoxy) is 1. The summed E-state index contributed by atoms with van der Waals surface area (Å²) in [5, 5.41) is 9.09. The minimum absolute atomic E-state index is 0.0659. The molecule has 0 bridgehead atoms. The van der Waals surface area contributed by atoms with Gasteiger partial charge in [-0.05, 0) is 42.2 Å². The van der Waals surface area contributed by atoms with Crippen LogP contribution >= 0.6 is 11.6 Å². The number of hydrogen-bond acceptors (Lipinski definition) is 2. The van der Waals surface area contributed by atoms with Crippen molar-refractivity contribution in [1.29, 1.82) is 0 Å². The summed E-state index contributed by atoms with van der Waals surface area (Å²) in [5.41, 5.74) is 1.33. The van der Waals surface area contributed by atoms with Gasteiger partial charge < -0.3 is 9.84 Å². The van der Waals surface area contributed by atoms with Crippen molar-refractivity contribution in [2.24, 2.45) is 0 Å². The maximum Gasteiger partial charge on any atom is 0.337 e. The average molecular weight is 305 g/mol. The maximum atomic E-state index is 10.9. The van der Waals surface area contributed by atoms with Gasteiger partial charge in [0.2, 0.25) is 0 Å². The Balaban J connectivity index is 2.15. The van der Waals surface area contributed by atoms with Crippen LogP contribution in [0.25, 0.3) is 0 Å². The lowest BCUT2D eigenvalue weighted by Gasteiger charge is -2.11. The van der Waals surface area contributed by atoms with E-state index in [1.807, 2.05) is 24.3 Å². The molecular weight excluding hydrogens is 288 g/mol. The number of carbonyl (C=O) groups is 1. The van der Waals surface area contributed by atoms with Gasteiger partial charge in [0.05, 0.1) is 10.6 Å². The molecule has 1 unspecified atom stereocenters. The first kappa shape index (κ1) is 15.4. The molecule has 4 heteroatoms. The molecule has 2 rings (SSSR count). The summed E-state index contributed by atoms with van der Waals surface area (Å²) in [6.45, 7) is 4.33. The van der Waals surface area contributed by atoms with E-state index in [1.165, 1.54) is 17.7 Å². The third-order valence-corrected chi connectivity index (χ3v) is 3.78. The summed E-state index contributed by atoms with van der Waals surface area (Å²) in [4.78, 5) is 10.9. The Hall–Kier alpha value is -2.00. The molecule has 0 amide bonds. The van der Waals surface area contributed by atoms with Gasteiger partial charge in [0.1, 0.15) is 11.5 Å². The van der Waals surface area contributed by atoms with Gasteiger partial charge >= 0.3 is 5.97 Å². The Morgan fingerprint density at radius 3 is 2.33 bits per heavy atom. The van der Waals surface area contributed by atoms with Crippen molar-refractivity contribution in [2.75, 3.05) is 0 Å². The zero-order valence-electron chi connectivity index (χ0n) is 12.0. The van der Waals surface area contributed by atoms with E-state index >= 15 is 0 Å². The first-order valence-corrected chi connectivity index (χ1v) is 7.19. The minimum Gasteiger partial charge on any atom is -0.478 e. The number of carboxylic acid groups (broad SMARTS) is 1. The predicted molar refractivity (Wildman–Crippen MR) is 83.6 cm³/mol. The molecule has 0 fully saturated rings. The standard InChI is InChI=1S/C17H17ClO3/c1-3-11(2)12-4-6-13(7-5-12)21-14-8-9-15(17(19)20)16(18)10-14/h4-11H,3H2,1-2H3,(H,19,20). The van der Waals surface area contributed by atoms with E-state index in [0.29, 0.717) is 17.4 Å². The molecule has 0 aliphatic rings. The van der Waals surface area contributed by atoms with Crippen LogP contribution in [0.4, 0.5) is 0 Å². The van der Waals surface area contributed by atoms with E-state index in [-0.39, 0.29) is 10.6 Å². The van der Waals surface area contributed by atoms with E-state index in [4.69, 9.17) is 21.4 Å². The molecule has 0 heterocycles. The van der Waals surface area contributed by atoms with E-state index < -0.39 is 5.97 Å². The fraction of sp³-hybridized carbons (Fsp3) is 0.235. The monoisotopic (exact) mass is 304 g/mol. The smallest absolute Gasteiger partial charge is 0.337 e. The van der Waals surface area contributed by atoms with Crippen LogP contribution < -0.4 is 4.74 Å². The summed E-state index contributed by atoms with van der Waals surface area (Å²) >= 11 is 5.92. The molecule has 110 valence electrons. The largest absolute Gasteiger partial charge is 0.478 e. The molecule has 2 aromatic rings. The predicted octanol–water partition coefficient (Wildman–Crippen LogP) is 5.34. The van der Waals surface area contributed by atoms with Crippen molar-refractivity contribution in [1.82, 2.24) is 0 Å². The van der Waals surface area contributed by atoms with E-state index in [0.717, 1.165) is 6.42 Å². The van der Waals surface area contributed by atoms with Crippen LogP contribution in [-0.2, 0) is 0 Å². The van der Waals surface area contributed by atoms with Crippen LogP contribution in [0.5, 0.6) is 11.5 Å². The van der Waals surface area contributed by atoms with Crippen LogP contribution in [-0.4, -0.2) is 11.1 Å². The van der Waals surface area contributed by atoms with Gasteiger partial charge in [-0.2, -0.15) is 0 Å². The SMILES string of the molecule is CCC(C)c1ccc(Oc2ccc(C(=O)O)c(Cl)c2)cc1. The zero-order chi connectivity index (χ0) is 15.4. The second kappa shape index (κ2) is 6.64. The summed E-state index contributed by atoms with van der Waals surface area (Å²) in [5.74, 6) is 0.676. The molecular formula is C17H17ClO3. The minimum atomic E-state index is -1.05. The summed E-state index contributed by atoms with van der Waals surface area (Å²) in [6, 6.07) is 12.4. The normalized spacial score (nSPS) is 12.0. The number of benzene rings is 2. The molecule has 0 aliphatic heterocycles. The van der Waals surface area contributed by atoms with Crippen molar-refractivity contribution in [3.8, 4) is 11.5 Å². The highest BCUT2D eigenvalue weighted by Crippen LogP contribution is 2.28.